The molecule has 0 unspecified atom stereocenters. The van der Waals surface area contributed by atoms with Gasteiger partial charge in [0.1, 0.15) is 0 Å². The van der Waals surface area contributed by atoms with Gasteiger partial charge in [0.2, 0.25) is 5.91 Å². The molecule has 2 aliphatic heterocycles. The largest absolute Gasteiger partial charge is 0.309 e. The average molecular weight is 311 g/mol. The van der Waals surface area contributed by atoms with Gasteiger partial charge < -0.3 is 4.90 Å². The van der Waals surface area contributed by atoms with Crippen molar-refractivity contribution in [2.45, 2.75) is 19.4 Å². The molecular formula is C17H21N5O. The van der Waals surface area contributed by atoms with Crippen LogP contribution in [0.1, 0.15) is 18.5 Å². The Labute approximate surface area is 135 Å². The fraction of sp³-hybridized carbons (Fsp3) is 0.471. The quantitative estimate of drug-likeness (QED) is 0.861. The summed E-state index contributed by atoms with van der Waals surface area (Å²) in [5.74, 6) is 0.258. The molecule has 2 aliphatic rings. The topological polar surface area (TPSA) is 54.3 Å². The van der Waals surface area contributed by atoms with Crippen molar-refractivity contribution in [1.29, 1.82) is 0 Å². The molecule has 2 aromatic rings. The standard InChI is InChI=1S/C17H21N5O/c1-20-12-15(10-19-20)22-9-6-17(16(22)23)5-8-21(13-17)11-14-4-2-3-7-18-14/h2-4,7,10,12H,5-6,8-9,11,13H2,1H3/t17-/m0/s1. The van der Waals surface area contributed by atoms with Gasteiger partial charge in [0, 0.05) is 39.1 Å². The molecule has 0 aliphatic carbocycles. The maximum absolute atomic E-state index is 13.0. The molecule has 0 radical (unpaired) electrons. The van der Waals surface area contributed by atoms with Crippen molar-refractivity contribution in [3.05, 3.63) is 42.5 Å². The van der Waals surface area contributed by atoms with Gasteiger partial charge in [0.25, 0.3) is 0 Å². The summed E-state index contributed by atoms with van der Waals surface area (Å²) in [5.41, 5.74) is 1.77. The van der Waals surface area contributed by atoms with E-state index in [1.807, 2.05) is 42.5 Å². The zero-order valence-electron chi connectivity index (χ0n) is 13.4. The minimum Gasteiger partial charge on any atom is -0.309 e. The van der Waals surface area contributed by atoms with E-state index in [0.717, 1.165) is 50.4 Å². The van der Waals surface area contributed by atoms with E-state index >= 15 is 0 Å². The van der Waals surface area contributed by atoms with Crippen molar-refractivity contribution in [2.24, 2.45) is 12.5 Å². The first kappa shape index (κ1) is 14.4. The first-order valence-electron chi connectivity index (χ1n) is 8.09. The molecule has 120 valence electrons. The maximum Gasteiger partial charge on any atom is 0.234 e. The fourth-order valence-electron chi connectivity index (χ4n) is 3.81. The number of carbonyl (C=O) groups excluding carboxylic acids is 1. The summed E-state index contributed by atoms with van der Waals surface area (Å²) in [6.07, 6.45) is 7.38. The van der Waals surface area contributed by atoms with Crippen molar-refractivity contribution < 1.29 is 4.79 Å². The number of amides is 1. The third kappa shape index (κ3) is 2.53. The van der Waals surface area contributed by atoms with E-state index in [0.29, 0.717) is 0 Å². The fourth-order valence-corrected chi connectivity index (χ4v) is 3.81. The van der Waals surface area contributed by atoms with Crippen LogP contribution in [0.3, 0.4) is 0 Å². The van der Waals surface area contributed by atoms with Crippen molar-refractivity contribution in [3.63, 3.8) is 0 Å². The van der Waals surface area contributed by atoms with Crippen LogP contribution in [0.4, 0.5) is 5.69 Å². The molecule has 0 aromatic carbocycles. The van der Waals surface area contributed by atoms with E-state index in [1.54, 1.807) is 10.9 Å². The van der Waals surface area contributed by atoms with Gasteiger partial charge in [-0.15, -0.1) is 0 Å². The Morgan fingerprint density at radius 3 is 2.87 bits per heavy atom. The van der Waals surface area contributed by atoms with Gasteiger partial charge in [-0.3, -0.25) is 19.4 Å². The van der Waals surface area contributed by atoms with Gasteiger partial charge in [-0.1, -0.05) is 6.07 Å². The minimum atomic E-state index is -0.218. The monoisotopic (exact) mass is 311 g/mol. The summed E-state index contributed by atoms with van der Waals surface area (Å²) in [6, 6.07) is 5.99. The Bertz CT molecular complexity index is 713. The smallest absolute Gasteiger partial charge is 0.234 e. The van der Waals surface area contributed by atoms with E-state index in [-0.39, 0.29) is 11.3 Å². The highest BCUT2D eigenvalue weighted by atomic mass is 16.2. The van der Waals surface area contributed by atoms with Crippen molar-refractivity contribution in [2.75, 3.05) is 24.5 Å². The number of hydrogen-bond donors (Lipinski definition) is 0. The molecular weight excluding hydrogens is 290 g/mol. The summed E-state index contributed by atoms with van der Waals surface area (Å²) in [4.78, 5) is 21.6. The summed E-state index contributed by atoms with van der Waals surface area (Å²) in [7, 11) is 1.88. The number of rotatable bonds is 3. The van der Waals surface area contributed by atoms with E-state index in [9.17, 15) is 4.79 Å². The van der Waals surface area contributed by atoms with Crippen LogP contribution in [0.2, 0.25) is 0 Å². The molecule has 6 nitrogen and oxygen atoms in total. The number of aryl methyl sites for hydroxylation is 1. The lowest BCUT2D eigenvalue weighted by atomic mass is 9.85. The summed E-state index contributed by atoms with van der Waals surface area (Å²) in [5, 5.41) is 4.19. The third-order valence-electron chi connectivity index (χ3n) is 5.06. The first-order valence-corrected chi connectivity index (χ1v) is 8.09. The highest BCUT2D eigenvalue weighted by Gasteiger charge is 2.51. The second-order valence-corrected chi connectivity index (χ2v) is 6.64. The predicted molar refractivity (Wildman–Crippen MR) is 86.7 cm³/mol. The van der Waals surface area contributed by atoms with Crippen LogP contribution in [0, 0.1) is 5.41 Å². The van der Waals surface area contributed by atoms with Crippen LogP contribution in [0.5, 0.6) is 0 Å². The van der Waals surface area contributed by atoms with Gasteiger partial charge in [-0.2, -0.15) is 5.10 Å². The zero-order chi connectivity index (χ0) is 15.9. The normalized spacial score (nSPS) is 24.9. The molecule has 0 N–H and O–H groups in total. The number of aromatic nitrogens is 3. The SMILES string of the molecule is Cn1cc(N2CC[C@]3(CCN(Cc4ccccn4)C3)C2=O)cn1. The van der Waals surface area contributed by atoms with Gasteiger partial charge in [0.15, 0.2) is 0 Å². The van der Waals surface area contributed by atoms with Gasteiger partial charge in [0.05, 0.1) is 23.0 Å². The minimum absolute atomic E-state index is 0.218. The van der Waals surface area contributed by atoms with Crippen molar-refractivity contribution in [3.8, 4) is 0 Å². The van der Waals surface area contributed by atoms with Crippen LogP contribution in [-0.4, -0.2) is 45.2 Å². The summed E-state index contributed by atoms with van der Waals surface area (Å²) in [6.45, 7) is 3.41. The Morgan fingerprint density at radius 2 is 2.13 bits per heavy atom. The molecule has 23 heavy (non-hydrogen) atoms. The van der Waals surface area contributed by atoms with Crippen LogP contribution >= 0.6 is 0 Å². The van der Waals surface area contributed by atoms with Gasteiger partial charge in [-0.25, -0.2) is 0 Å². The highest BCUT2D eigenvalue weighted by Crippen LogP contribution is 2.42. The average Bonchev–Trinajstić information content (AvgIpc) is 3.23. The van der Waals surface area contributed by atoms with Gasteiger partial charge in [-0.05, 0) is 31.5 Å². The lowest BCUT2D eigenvalue weighted by Gasteiger charge is -2.23. The van der Waals surface area contributed by atoms with Crippen LogP contribution in [0.25, 0.3) is 0 Å². The molecule has 1 amide bonds. The number of nitrogens with zero attached hydrogens (tertiary/aromatic N) is 5. The molecule has 4 heterocycles. The lowest BCUT2D eigenvalue weighted by molar-refractivity contribution is -0.125. The van der Waals surface area contributed by atoms with E-state index in [1.165, 1.54) is 0 Å². The van der Waals surface area contributed by atoms with Crippen molar-refractivity contribution >= 4 is 11.6 Å². The predicted octanol–water partition coefficient (Wildman–Crippen LogP) is 1.44. The third-order valence-corrected chi connectivity index (χ3v) is 5.06. The maximum atomic E-state index is 13.0. The number of likely N-dealkylation sites (tertiary alicyclic amines) is 1. The Hall–Kier alpha value is -2.21. The number of carbonyl (C=O) groups is 1. The molecule has 1 spiro atoms. The molecule has 4 rings (SSSR count). The summed E-state index contributed by atoms with van der Waals surface area (Å²) < 4.78 is 1.75. The van der Waals surface area contributed by atoms with E-state index < -0.39 is 0 Å². The highest BCUT2D eigenvalue weighted by molar-refractivity contribution is 6.00. The molecule has 2 saturated heterocycles. The molecule has 6 heteroatoms. The second-order valence-electron chi connectivity index (χ2n) is 6.64. The van der Waals surface area contributed by atoms with Crippen LogP contribution in [-0.2, 0) is 18.4 Å². The lowest BCUT2D eigenvalue weighted by Crippen LogP contribution is -2.36. The second kappa shape index (κ2) is 5.45. The van der Waals surface area contributed by atoms with Gasteiger partial charge >= 0.3 is 0 Å². The van der Waals surface area contributed by atoms with Crippen LogP contribution < -0.4 is 4.90 Å². The van der Waals surface area contributed by atoms with E-state index in [2.05, 4.69) is 15.0 Å². The Morgan fingerprint density at radius 1 is 1.26 bits per heavy atom. The van der Waals surface area contributed by atoms with Crippen LogP contribution in [0.15, 0.2) is 36.8 Å². The molecule has 2 aromatic heterocycles. The Kier molecular flexibility index (Phi) is 3.41. The molecule has 0 saturated carbocycles. The van der Waals surface area contributed by atoms with Crippen molar-refractivity contribution in [1.82, 2.24) is 19.7 Å². The number of hydrogen-bond acceptors (Lipinski definition) is 4. The number of pyridine rings is 1. The zero-order valence-corrected chi connectivity index (χ0v) is 13.4. The molecule has 2 fully saturated rings. The molecule has 0 bridgehead atoms. The number of anilines is 1. The molecule has 1 atom stereocenters. The Balaban J connectivity index is 1.47. The first-order chi connectivity index (χ1) is 11.2. The summed E-state index contributed by atoms with van der Waals surface area (Å²) >= 11 is 0. The van der Waals surface area contributed by atoms with E-state index in [4.69, 9.17) is 0 Å².